The SMILES string of the molecule is Nc1ccc(Cl)cc1S(=O)Cc1ccc(F)cc1Br. The van der Waals surface area contributed by atoms with E-state index in [0.717, 1.165) is 5.56 Å². The predicted octanol–water partition coefficient (Wildman–Crippen LogP) is 4.13. The second-order valence-electron chi connectivity index (χ2n) is 3.91. The Bertz CT molecular complexity index is 651. The molecule has 0 heterocycles. The Morgan fingerprint density at radius 1 is 1.26 bits per heavy atom. The highest BCUT2D eigenvalue weighted by Crippen LogP contribution is 2.26. The zero-order chi connectivity index (χ0) is 14.0. The summed E-state index contributed by atoms with van der Waals surface area (Å²) >= 11 is 9.12. The summed E-state index contributed by atoms with van der Waals surface area (Å²) in [5.74, 6) is -0.102. The number of rotatable bonds is 3. The third kappa shape index (κ3) is 3.55. The van der Waals surface area contributed by atoms with Crippen molar-refractivity contribution in [2.75, 3.05) is 5.73 Å². The lowest BCUT2D eigenvalue weighted by molar-refractivity contribution is 0.626. The van der Waals surface area contributed by atoms with Crippen LogP contribution in [0.2, 0.25) is 5.02 Å². The molecular formula is C13H10BrClFNOS. The van der Waals surface area contributed by atoms with Crippen LogP contribution >= 0.6 is 27.5 Å². The number of nitrogen functional groups attached to an aromatic ring is 1. The zero-order valence-corrected chi connectivity index (χ0v) is 12.9. The lowest BCUT2D eigenvalue weighted by atomic mass is 10.2. The van der Waals surface area contributed by atoms with Gasteiger partial charge in [0, 0.05) is 15.2 Å². The Labute approximate surface area is 126 Å². The Morgan fingerprint density at radius 2 is 2.00 bits per heavy atom. The molecule has 0 saturated heterocycles. The molecule has 0 fully saturated rings. The van der Waals surface area contributed by atoms with E-state index < -0.39 is 10.8 Å². The van der Waals surface area contributed by atoms with Gasteiger partial charge in [0.05, 0.1) is 21.4 Å². The predicted molar refractivity (Wildman–Crippen MR) is 80.1 cm³/mol. The van der Waals surface area contributed by atoms with Crippen LogP contribution in [0.25, 0.3) is 0 Å². The highest BCUT2D eigenvalue weighted by Gasteiger charge is 2.12. The standard InChI is InChI=1S/C13H10BrClFNOS/c14-11-6-10(16)3-1-8(11)7-19(18)13-5-9(15)2-4-12(13)17/h1-6H,7,17H2. The van der Waals surface area contributed by atoms with Crippen molar-refractivity contribution in [2.45, 2.75) is 10.6 Å². The molecule has 0 radical (unpaired) electrons. The maximum Gasteiger partial charge on any atom is 0.124 e. The molecule has 0 aromatic heterocycles. The van der Waals surface area contributed by atoms with E-state index in [2.05, 4.69) is 15.9 Å². The van der Waals surface area contributed by atoms with Gasteiger partial charge in [-0.1, -0.05) is 33.6 Å². The van der Waals surface area contributed by atoms with Crippen LogP contribution < -0.4 is 5.73 Å². The van der Waals surface area contributed by atoms with Gasteiger partial charge in [0.2, 0.25) is 0 Å². The molecule has 0 bridgehead atoms. The summed E-state index contributed by atoms with van der Waals surface area (Å²) in [6.07, 6.45) is 0. The van der Waals surface area contributed by atoms with E-state index in [4.69, 9.17) is 17.3 Å². The van der Waals surface area contributed by atoms with Crippen LogP contribution in [0.5, 0.6) is 0 Å². The first-order chi connectivity index (χ1) is 8.97. The maximum absolute atomic E-state index is 13.0. The average molecular weight is 363 g/mol. The van der Waals surface area contributed by atoms with Crippen molar-refractivity contribution in [1.82, 2.24) is 0 Å². The van der Waals surface area contributed by atoms with Gasteiger partial charge in [0.1, 0.15) is 5.82 Å². The van der Waals surface area contributed by atoms with E-state index in [1.807, 2.05) is 0 Å². The van der Waals surface area contributed by atoms with E-state index in [1.54, 1.807) is 24.3 Å². The molecular weight excluding hydrogens is 353 g/mol. The minimum atomic E-state index is -1.34. The molecule has 0 amide bonds. The summed E-state index contributed by atoms with van der Waals surface area (Å²) in [6, 6.07) is 9.12. The molecule has 2 aromatic rings. The minimum absolute atomic E-state index is 0.241. The van der Waals surface area contributed by atoms with Gasteiger partial charge < -0.3 is 5.73 Å². The quantitative estimate of drug-likeness (QED) is 0.834. The van der Waals surface area contributed by atoms with Crippen molar-refractivity contribution in [2.24, 2.45) is 0 Å². The zero-order valence-electron chi connectivity index (χ0n) is 9.70. The van der Waals surface area contributed by atoms with Gasteiger partial charge in [-0.15, -0.1) is 0 Å². The van der Waals surface area contributed by atoms with Crippen LogP contribution in [0.4, 0.5) is 10.1 Å². The number of anilines is 1. The van der Waals surface area contributed by atoms with Gasteiger partial charge in [-0.3, -0.25) is 4.21 Å². The summed E-state index contributed by atoms with van der Waals surface area (Å²) < 4.78 is 25.8. The van der Waals surface area contributed by atoms with Gasteiger partial charge in [-0.25, -0.2) is 4.39 Å². The molecule has 1 unspecified atom stereocenters. The fourth-order valence-corrected chi connectivity index (χ4v) is 3.76. The Morgan fingerprint density at radius 3 is 2.68 bits per heavy atom. The van der Waals surface area contributed by atoms with Crippen molar-refractivity contribution < 1.29 is 8.60 Å². The van der Waals surface area contributed by atoms with Crippen molar-refractivity contribution in [3.8, 4) is 0 Å². The molecule has 0 aliphatic carbocycles. The number of hydrogen-bond acceptors (Lipinski definition) is 2. The molecule has 2 N–H and O–H groups in total. The highest BCUT2D eigenvalue weighted by atomic mass is 79.9. The maximum atomic E-state index is 13.0. The molecule has 0 saturated carbocycles. The van der Waals surface area contributed by atoms with Gasteiger partial charge in [0.15, 0.2) is 0 Å². The van der Waals surface area contributed by atoms with Gasteiger partial charge in [0.25, 0.3) is 0 Å². The molecule has 6 heteroatoms. The van der Waals surface area contributed by atoms with Crippen molar-refractivity contribution in [1.29, 1.82) is 0 Å². The topological polar surface area (TPSA) is 43.1 Å². The Hall–Kier alpha value is -0.910. The van der Waals surface area contributed by atoms with Crippen molar-refractivity contribution in [3.05, 3.63) is 57.3 Å². The van der Waals surface area contributed by atoms with Crippen molar-refractivity contribution in [3.63, 3.8) is 0 Å². The normalized spacial score (nSPS) is 12.4. The second kappa shape index (κ2) is 6.03. The van der Waals surface area contributed by atoms with Gasteiger partial charge in [-0.2, -0.15) is 0 Å². The fourth-order valence-electron chi connectivity index (χ4n) is 1.56. The van der Waals surface area contributed by atoms with Crippen LogP contribution in [0, 0.1) is 5.82 Å². The number of hydrogen-bond donors (Lipinski definition) is 1. The molecule has 0 aliphatic heterocycles. The average Bonchev–Trinajstić information content (AvgIpc) is 2.35. The summed E-state index contributed by atoms with van der Waals surface area (Å²) in [6.45, 7) is 0. The summed E-state index contributed by atoms with van der Waals surface area (Å²) in [4.78, 5) is 0.490. The van der Waals surface area contributed by atoms with Crippen LogP contribution in [0.15, 0.2) is 45.8 Å². The van der Waals surface area contributed by atoms with E-state index in [0.29, 0.717) is 20.1 Å². The monoisotopic (exact) mass is 361 g/mol. The molecule has 19 heavy (non-hydrogen) atoms. The third-order valence-electron chi connectivity index (χ3n) is 2.52. The van der Waals surface area contributed by atoms with Gasteiger partial charge >= 0.3 is 0 Å². The summed E-state index contributed by atoms with van der Waals surface area (Å²) in [5, 5.41) is 0.482. The van der Waals surface area contributed by atoms with Crippen molar-refractivity contribution >= 4 is 44.0 Å². The Balaban J connectivity index is 2.28. The van der Waals surface area contributed by atoms with Gasteiger partial charge in [-0.05, 0) is 35.9 Å². The Kier molecular flexibility index (Phi) is 4.60. The first kappa shape index (κ1) is 14.5. The molecule has 2 aromatic carbocycles. The van der Waals surface area contributed by atoms with Crippen LogP contribution in [0.1, 0.15) is 5.56 Å². The van der Waals surface area contributed by atoms with E-state index in [9.17, 15) is 8.60 Å². The first-order valence-corrected chi connectivity index (χ1v) is 7.83. The van der Waals surface area contributed by atoms with Crippen LogP contribution in [-0.4, -0.2) is 4.21 Å². The van der Waals surface area contributed by atoms with E-state index in [-0.39, 0.29) is 11.6 Å². The number of benzene rings is 2. The molecule has 100 valence electrons. The lowest BCUT2D eigenvalue weighted by Crippen LogP contribution is -2.01. The molecule has 0 aliphatic rings. The number of nitrogens with two attached hydrogens (primary N) is 1. The van der Waals surface area contributed by atoms with Crippen LogP contribution in [-0.2, 0) is 16.6 Å². The lowest BCUT2D eigenvalue weighted by Gasteiger charge is -2.08. The smallest absolute Gasteiger partial charge is 0.124 e. The number of halogens is 3. The first-order valence-electron chi connectivity index (χ1n) is 5.34. The third-order valence-corrected chi connectivity index (χ3v) is 4.91. The molecule has 2 rings (SSSR count). The molecule has 2 nitrogen and oxygen atoms in total. The largest absolute Gasteiger partial charge is 0.398 e. The highest BCUT2D eigenvalue weighted by molar-refractivity contribution is 9.10. The molecule has 1 atom stereocenters. The fraction of sp³-hybridized carbons (Fsp3) is 0.0769. The summed E-state index contributed by atoms with van der Waals surface area (Å²) in [7, 11) is -1.34. The molecule has 0 spiro atoms. The minimum Gasteiger partial charge on any atom is -0.398 e. The van der Waals surface area contributed by atoms with E-state index in [1.165, 1.54) is 12.1 Å². The second-order valence-corrected chi connectivity index (χ2v) is 6.62. The van der Waals surface area contributed by atoms with E-state index >= 15 is 0 Å². The summed E-state index contributed by atoms with van der Waals surface area (Å²) in [5.41, 5.74) is 6.96. The van der Waals surface area contributed by atoms with Crippen LogP contribution in [0.3, 0.4) is 0 Å².